The summed E-state index contributed by atoms with van der Waals surface area (Å²) in [6.45, 7) is 3.68. The number of methoxy groups -OCH3 is 1. The van der Waals surface area contributed by atoms with E-state index in [2.05, 4.69) is 34.5 Å². The van der Waals surface area contributed by atoms with E-state index in [0.717, 1.165) is 25.9 Å². The van der Waals surface area contributed by atoms with Gasteiger partial charge in [-0.05, 0) is 25.0 Å². The zero-order valence-corrected chi connectivity index (χ0v) is 13.6. The zero-order valence-electron chi connectivity index (χ0n) is 13.6. The van der Waals surface area contributed by atoms with E-state index in [4.69, 9.17) is 4.74 Å². The monoisotopic (exact) mass is 305 g/mol. The van der Waals surface area contributed by atoms with E-state index in [1.165, 1.54) is 5.69 Å². The summed E-state index contributed by atoms with van der Waals surface area (Å²) in [5.74, 6) is 0.149. The summed E-state index contributed by atoms with van der Waals surface area (Å²) in [6, 6.07) is 10.7. The number of hydrogen-bond acceptors (Lipinski definition) is 4. The van der Waals surface area contributed by atoms with Gasteiger partial charge >= 0.3 is 0 Å². The van der Waals surface area contributed by atoms with Crippen molar-refractivity contribution in [3.8, 4) is 0 Å². The van der Waals surface area contributed by atoms with Crippen LogP contribution in [0, 0.1) is 0 Å². The van der Waals surface area contributed by atoms with Gasteiger partial charge in [0.15, 0.2) is 0 Å². The fourth-order valence-corrected chi connectivity index (χ4v) is 2.84. The number of nitrogens with one attached hydrogen (secondary N) is 1. The molecule has 1 aliphatic rings. The number of carbonyl (C=O) groups excluding carboxylic acids is 1. The number of para-hydroxylation sites is 1. The molecule has 1 aliphatic heterocycles. The van der Waals surface area contributed by atoms with E-state index in [1.54, 1.807) is 7.11 Å². The first-order chi connectivity index (χ1) is 10.7. The van der Waals surface area contributed by atoms with Crippen molar-refractivity contribution in [3.05, 3.63) is 30.3 Å². The lowest BCUT2D eigenvalue weighted by Gasteiger charge is -2.39. The highest BCUT2D eigenvalue weighted by Crippen LogP contribution is 2.21. The van der Waals surface area contributed by atoms with Gasteiger partial charge in [-0.3, -0.25) is 4.79 Å². The van der Waals surface area contributed by atoms with Crippen LogP contribution in [0.15, 0.2) is 30.3 Å². The van der Waals surface area contributed by atoms with E-state index < -0.39 is 0 Å². The highest BCUT2D eigenvalue weighted by atomic mass is 16.5. The molecule has 0 radical (unpaired) electrons. The number of piperidine rings is 1. The molecule has 0 spiro atoms. The van der Waals surface area contributed by atoms with Crippen LogP contribution >= 0.6 is 0 Å². The van der Waals surface area contributed by atoms with Crippen LogP contribution in [0.1, 0.15) is 12.8 Å². The molecular weight excluding hydrogens is 278 g/mol. The van der Waals surface area contributed by atoms with Gasteiger partial charge in [-0.25, -0.2) is 0 Å². The number of rotatable bonds is 7. The predicted octanol–water partition coefficient (Wildman–Crippen LogP) is 1.35. The smallest absolute Gasteiger partial charge is 0.236 e. The van der Waals surface area contributed by atoms with E-state index in [0.29, 0.717) is 19.7 Å². The van der Waals surface area contributed by atoms with Gasteiger partial charge in [0.2, 0.25) is 5.91 Å². The first-order valence-corrected chi connectivity index (χ1v) is 7.97. The molecular formula is C17H27N3O2. The van der Waals surface area contributed by atoms with E-state index in [1.807, 2.05) is 18.0 Å². The summed E-state index contributed by atoms with van der Waals surface area (Å²) in [5.41, 5.74) is 1.24. The van der Waals surface area contributed by atoms with Crippen molar-refractivity contribution < 1.29 is 9.53 Å². The molecule has 0 saturated carbocycles. The minimum absolute atomic E-state index is 0.149. The number of anilines is 1. The van der Waals surface area contributed by atoms with Gasteiger partial charge in [0.1, 0.15) is 0 Å². The third kappa shape index (κ3) is 4.71. The summed E-state index contributed by atoms with van der Waals surface area (Å²) in [5, 5.41) is 3.12. The molecule has 1 saturated heterocycles. The molecule has 1 aromatic rings. The second-order valence-electron chi connectivity index (χ2n) is 5.75. The minimum atomic E-state index is 0.149. The van der Waals surface area contributed by atoms with Gasteiger partial charge in [-0.15, -0.1) is 0 Å². The molecule has 1 heterocycles. The van der Waals surface area contributed by atoms with Crippen molar-refractivity contribution in [3.63, 3.8) is 0 Å². The average molecular weight is 305 g/mol. The first kappa shape index (κ1) is 16.8. The molecule has 1 fully saturated rings. The highest BCUT2D eigenvalue weighted by Gasteiger charge is 2.25. The molecule has 1 atom stereocenters. The Morgan fingerprint density at radius 1 is 1.41 bits per heavy atom. The molecule has 0 aromatic heterocycles. The molecule has 122 valence electrons. The molecule has 1 unspecified atom stereocenters. The number of nitrogens with zero attached hydrogens (tertiary/aromatic N) is 2. The van der Waals surface area contributed by atoms with Crippen molar-refractivity contribution in [2.75, 3.05) is 51.8 Å². The molecule has 2 rings (SSSR count). The van der Waals surface area contributed by atoms with Crippen LogP contribution in [0.25, 0.3) is 0 Å². The quantitative estimate of drug-likeness (QED) is 0.773. The fourth-order valence-electron chi connectivity index (χ4n) is 2.84. The number of ether oxygens (including phenoxy) is 1. The van der Waals surface area contributed by atoms with Crippen molar-refractivity contribution in [2.24, 2.45) is 0 Å². The third-order valence-corrected chi connectivity index (χ3v) is 4.22. The Hall–Kier alpha value is -1.59. The van der Waals surface area contributed by atoms with Gasteiger partial charge in [-0.2, -0.15) is 0 Å². The predicted molar refractivity (Wildman–Crippen MR) is 89.2 cm³/mol. The van der Waals surface area contributed by atoms with Crippen molar-refractivity contribution in [1.82, 2.24) is 10.2 Å². The summed E-state index contributed by atoms with van der Waals surface area (Å²) in [6.07, 6.45) is 2.19. The largest absolute Gasteiger partial charge is 0.383 e. The zero-order chi connectivity index (χ0) is 15.8. The van der Waals surface area contributed by atoms with Crippen LogP contribution in [0.4, 0.5) is 5.69 Å². The topological polar surface area (TPSA) is 44.8 Å². The second kappa shape index (κ2) is 8.76. The average Bonchev–Trinajstić information content (AvgIpc) is 2.59. The van der Waals surface area contributed by atoms with Gasteiger partial charge in [-0.1, -0.05) is 18.2 Å². The lowest BCUT2D eigenvalue weighted by atomic mass is 10.0. The Labute approximate surface area is 133 Å². The molecule has 0 bridgehead atoms. The van der Waals surface area contributed by atoms with Crippen molar-refractivity contribution in [2.45, 2.75) is 18.9 Å². The number of amides is 1. The SMILES string of the molecule is COCCNCC(=O)N(C)C1CCCN(c2ccccc2)C1. The number of benzene rings is 1. The highest BCUT2D eigenvalue weighted by molar-refractivity contribution is 5.78. The molecule has 5 heteroatoms. The lowest BCUT2D eigenvalue weighted by molar-refractivity contribution is -0.131. The van der Waals surface area contributed by atoms with Gasteiger partial charge < -0.3 is 19.9 Å². The molecule has 5 nitrogen and oxygen atoms in total. The number of carbonyl (C=O) groups is 1. The maximum atomic E-state index is 12.3. The van der Waals surface area contributed by atoms with Crippen molar-refractivity contribution >= 4 is 11.6 Å². The maximum absolute atomic E-state index is 12.3. The second-order valence-corrected chi connectivity index (χ2v) is 5.75. The molecule has 0 aliphatic carbocycles. The Morgan fingerprint density at radius 2 is 2.18 bits per heavy atom. The van der Waals surface area contributed by atoms with Crippen molar-refractivity contribution in [1.29, 1.82) is 0 Å². The summed E-state index contributed by atoms with van der Waals surface area (Å²) >= 11 is 0. The number of hydrogen-bond donors (Lipinski definition) is 1. The van der Waals surface area contributed by atoms with Crippen LogP contribution in [0.2, 0.25) is 0 Å². The summed E-state index contributed by atoms with van der Waals surface area (Å²) in [4.78, 5) is 16.5. The minimum Gasteiger partial charge on any atom is -0.383 e. The van der Waals surface area contributed by atoms with E-state index >= 15 is 0 Å². The molecule has 22 heavy (non-hydrogen) atoms. The Bertz CT molecular complexity index is 452. The molecule has 1 aromatic carbocycles. The lowest BCUT2D eigenvalue weighted by Crippen LogP contribution is -2.50. The first-order valence-electron chi connectivity index (χ1n) is 7.97. The summed E-state index contributed by atoms with van der Waals surface area (Å²) < 4.78 is 4.97. The maximum Gasteiger partial charge on any atom is 0.236 e. The normalized spacial score (nSPS) is 18.3. The van der Waals surface area contributed by atoms with E-state index in [9.17, 15) is 4.79 Å². The Kier molecular flexibility index (Phi) is 6.68. The van der Waals surface area contributed by atoms with Crippen LogP contribution in [-0.2, 0) is 9.53 Å². The van der Waals surface area contributed by atoms with Gasteiger partial charge in [0, 0.05) is 45.5 Å². The Balaban J connectivity index is 1.84. The standard InChI is InChI=1S/C17H27N3O2/c1-19(17(21)13-18-10-12-22-2)16-9-6-11-20(14-16)15-7-4-3-5-8-15/h3-5,7-8,16,18H,6,9-14H2,1-2H3. The van der Waals surface area contributed by atoms with E-state index in [-0.39, 0.29) is 11.9 Å². The van der Waals surface area contributed by atoms with Crippen LogP contribution in [0.3, 0.4) is 0 Å². The third-order valence-electron chi connectivity index (χ3n) is 4.22. The van der Waals surface area contributed by atoms with Gasteiger partial charge in [0.25, 0.3) is 0 Å². The molecule has 1 amide bonds. The Morgan fingerprint density at radius 3 is 2.91 bits per heavy atom. The van der Waals surface area contributed by atoms with Crippen LogP contribution in [0.5, 0.6) is 0 Å². The van der Waals surface area contributed by atoms with Crippen LogP contribution in [-0.4, -0.2) is 63.8 Å². The molecule has 1 N–H and O–H groups in total. The van der Waals surface area contributed by atoms with Crippen LogP contribution < -0.4 is 10.2 Å². The number of likely N-dealkylation sites (N-methyl/N-ethyl adjacent to an activating group) is 1. The summed E-state index contributed by atoms with van der Waals surface area (Å²) in [7, 11) is 3.58. The fraction of sp³-hybridized carbons (Fsp3) is 0.588. The van der Waals surface area contributed by atoms with Gasteiger partial charge in [0.05, 0.1) is 13.2 Å².